The van der Waals surface area contributed by atoms with E-state index in [4.69, 9.17) is 16.4 Å². The van der Waals surface area contributed by atoms with Crippen molar-refractivity contribution >= 4 is 23.3 Å². The van der Waals surface area contributed by atoms with Gasteiger partial charge in [0, 0.05) is 24.5 Å². The third-order valence-corrected chi connectivity index (χ3v) is 4.38. The minimum atomic E-state index is -0.160. The third-order valence-electron chi connectivity index (χ3n) is 4.14. The fourth-order valence-electron chi connectivity index (χ4n) is 2.91. The van der Waals surface area contributed by atoms with Gasteiger partial charge in [-0.05, 0) is 30.2 Å². The molecule has 136 valence electrons. The maximum Gasteiger partial charge on any atom is 0.317 e. The predicted octanol–water partition coefficient (Wildman–Crippen LogP) is 4.06. The molecule has 1 aliphatic heterocycles. The van der Waals surface area contributed by atoms with Crippen LogP contribution in [0.2, 0.25) is 5.02 Å². The molecule has 0 aromatic heterocycles. The second-order valence-corrected chi connectivity index (χ2v) is 6.62. The number of nitrogens with zero attached hydrogens (tertiary/aromatic N) is 2. The Kier molecular flexibility index (Phi) is 6.12. The lowest BCUT2D eigenvalue weighted by Crippen LogP contribution is -2.43. The van der Waals surface area contributed by atoms with E-state index < -0.39 is 0 Å². The van der Waals surface area contributed by atoms with E-state index in [0.717, 1.165) is 16.8 Å². The van der Waals surface area contributed by atoms with E-state index in [1.165, 1.54) is 0 Å². The molecule has 1 heterocycles. The monoisotopic (exact) mass is 371 g/mol. The van der Waals surface area contributed by atoms with Gasteiger partial charge in [-0.15, -0.1) is 0 Å². The average molecular weight is 372 g/mol. The number of carbonyl (C=O) groups is 1. The highest BCUT2D eigenvalue weighted by atomic mass is 35.5. The molecule has 2 aromatic carbocycles. The zero-order valence-electron chi connectivity index (χ0n) is 14.7. The Hall–Kier alpha value is -2.53. The van der Waals surface area contributed by atoms with Crippen molar-refractivity contribution in [2.75, 3.05) is 13.1 Å². The van der Waals surface area contributed by atoms with Gasteiger partial charge in [0.2, 0.25) is 0 Å². The van der Waals surface area contributed by atoms with Gasteiger partial charge >= 0.3 is 6.03 Å². The van der Waals surface area contributed by atoms with Gasteiger partial charge < -0.3 is 15.1 Å². The van der Waals surface area contributed by atoms with Crippen LogP contribution in [0.15, 0.2) is 59.8 Å². The van der Waals surface area contributed by atoms with Crippen molar-refractivity contribution in [2.24, 2.45) is 5.16 Å². The van der Waals surface area contributed by atoms with Gasteiger partial charge in [-0.3, -0.25) is 0 Å². The fraction of sp³-hybridized carbons (Fsp3) is 0.300. The first-order valence-corrected chi connectivity index (χ1v) is 9.09. The van der Waals surface area contributed by atoms with Crippen LogP contribution in [0.5, 0.6) is 0 Å². The first-order valence-electron chi connectivity index (χ1n) is 8.71. The summed E-state index contributed by atoms with van der Waals surface area (Å²) in [5, 5.41) is 7.72. The smallest absolute Gasteiger partial charge is 0.317 e. The number of hydrogen-bond donors (Lipinski definition) is 1. The molecule has 5 nitrogen and oxygen atoms in total. The summed E-state index contributed by atoms with van der Waals surface area (Å²) < 4.78 is 0. The van der Waals surface area contributed by atoms with Gasteiger partial charge in [0.25, 0.3) is 0 Å². The normalized spacial score (nSPS) is 15.9. The van der Waals surface area contributed by atoms with Crippen LogP contribution in [0.1, 0.15) is 24.5 Å². The van der Waals surface area contributed by atoms with Gasteiger partial charge in [-0.1, -0.05) is 59.2 Å². The summed E-state index contributed by atoms with van der Waals surface area (Å²) in [4.78, 5) is 19.8. The summed E-state index contributed by atoms with van der Waals surface area (Å²) >= 11 is 6.06. The van der Waals surface area contributed by atoms with Gasteiger partial charge in [0.1, 0.15) is 0 Å². The Bertz CT molecular complexity index is 780. The van der Waals surface area contributed by atoms with E-state index in [9.17, 15) is 4.79 Å². The van der Waals surface area contributed by atoms with Crippen LogP contribution in [0.3, 0.4) is 0 Å². The lowest BCUT2D eigenvalue weighted by molar-refractivity contribution is 0.0590. The van der Waals surface area contributed by atoms with Crippen LogP contribution in [-0.4, -0.2) is 35.8 Å². The molecular weight excluding hydrogens is 350 g/mol. The summed E-state index contributed by atoms with van der Waals surface area (Å²) in [7, 11) is 0. The van der Waals surface area contributed by atoms with Crippen molar-refractivity contribution < 1.29 is 9.63 Å². The maximum atomic E-state index is 12.5. The Balaban J connectivity index is 1.66. The number of rotatable bonds is 6. The fourth-order valence-corrected chi connectivity index (χ4v) is 3.12. The maximum absolute atomic E-state index is 12.5. The molecule has 26 heavy (non-hydrogen) atoms. The van der Waals surface area contributed by atoms with Crippen LogP contribution < -0.4 is 5.32 Å². The summed E-state index contributed by atoms with van der Waals surface area (Å²) in [6.07, 6.45) is 0.516. The number of amides is 2. The van der Waals surface area contributed by atoms with Crippen molar-refractivity contribution in [1.29, 1.82) is 0 Å². The second kappa shape index (κ2) is 8.72. The number of nitrogens with one attached hydrogen (secondary N) is 1. The standard InChI is InChI=1S/C20H22ClN3O2/c1-2-22-20(25)24(13-15-7-6-10-17(21)11-15)14-18-12-19(23-26-18)16-8-4-3-5-9-16/h3-11,18H,2,12-14H2,1H3,(H,22,25)/t18-/m0/s1. The van der Waals surface area contributed by atoms with Crippen molar-refractivity contribution in [3.63, 3.8) is 0 Å². The van der Waals surface area contributed by atoms with Gasteiger partial charge in [-0.25, -0.2) is 4.79 Å². The first-order chi connectivity index (χ1) is 12.7. The highest BCUT2D eigenvalue weighted by Crippen LogP contribution is 2.19. The molecule has 0 aliphatic carbocycles. The summed E-state index contributed by atoms with van der Waals surface area (Å²) in [6, 6.07) is 17.4. The molecule has 0 unspecified atom stereocenters. The van der Waals surface area contributed by atoms with Crippen molar-refractivity contribution in [3.8, 4) is 0 Å². The van der Waals surface area contributed by atoms with E-state index in [2.05, 4.69) is 10.5 Å². The van der Waals surface area contributed by atoms with Crippen molar-refractivity contribution in [3.05, 3.63) is 70.7 Å². The summed E-state index contributed by atoms with van der Waals surface area (Å²) in [6.45, 7) is 3.39. The number of benzene rings is 2. The lowest BCUT2D eigenvalue weighted by Gasteiger charge is -2.25. The molecule has 0 bridgehead atoms. The summed E-state index contributed by atoms with van der Waals surface area (Å²) in [5.74, 6) is 0. The molecule has 0 saturated carbocycles. The number of oxime groups is 1. The van der Waals surface area contributed by atoms with Crippen LogP contribution >= 0.6 is 11.6 Å². The zero-order chi connectivity index (χ0) is 18.4. The zero-order valence-corrected chi connectivity index (χ0v) is 15.4. The minimum Gasteiger partial charge on any atom is -0.390 e. The van der Waals surface area contributed by atoms with E-state index in [-0.39, 0.29) is 12.1 Å². The molecule has 0 radical (unpaired) electrons. The average Bonchev–Trinajstić information content (AvgIpc) is 3.11. The number of urea groups is 1. The Labute approximate surface area is 158 Å². The molecule has 2 aromatic rings. The molecule has 1 N–H and O–H groups in total. The largest absolute Gasteiger partial charge is 0.390 e. The SMILES string of the molecule is CCNC(=O)N(Cc1cccc(Cl)c1)C[C@@H]1CC(c2ccccc2)=NO1. The van der Waals surface area contributed by atoms with Crippen LogP contribution in [0.4, 0.5) is 4.79 Å². The highest BCUT2D eigenvalue weighted by molar-refractivity contribution is 6.30. The van der Waals surface area contributed by atoms with E-state index >= 15 is 0 Å². The Morgan fingerprint density at radius 2 is 2.08 bits per heavy atom. The molecule has 0 saturated heterocycles. The molecule has 0 spiro atoms. The Morgan fingerprint density at radius 3 is 2.81 bits per heavy atom. The molecule has 1 atom stereocenters. The third kappa shape index (κ3) is 4.76. The van der Waals surface area contributed by atoms with Gasteiger partial charge in [0.05, 0.1) is 12.3 Å². The van der Waals surface area contributed by atoms with Crippen LogP contribution in [0.25, 0.3) is 0 Å². The number of hydrogen-bond acceptors (Lipinski definition) is 3. The highest BCUT2D eigenvalue weighted by Gasteiger charge is 2.26. The molecular formula is C20H22ClN3O2. The minimum absolute atomic E-state index is 0.121. The second-order valence-electron chi connectivity index (χ2n) is 6.18. The molecule has 3 rings (SSSR count). The van der Waals surface area contributed by atoms with Gasteiger partial charge in [-0.2, -0.15) is 0 Å². The van der Waals surface area contributed by atoms with Crippen LogP contribution in [0, 0.1) is 0 Å². The number of carbonyl (C=O) groups excluding carboxylic acids is 1. The Morgan fingerprint density at radius 1 is 1.27 bits per heavy atom. The molecule has 0 fully saturated rings. The van der Waals surface area contributed by atoms with E-state index in [1.54, 1.807) is 4.90 Å². The van der Waals surface area contributed by atoms with E-state index in [0.29, 0.717) is 31.1 Å². The molecule has 2 amide bonds. The lowest BCUT2D eigenvalue weighted by atomic mass is 10.0. The van der Waals surface area contributed by atoms with E-state index in [1.807, 2.05) is 61.5 Å². The predicted molar refractivity (Wildman–Crippen MR) is 103 cm³/mol. The molecule has 1 aliphatic rings. The van der Waals surface area contributed by atoms with Gasteiger partial charge in [0.15, 0.2) is 6.10 Å². The van der Waals surface area contributed by atoms with Crippen molar-refractivity contribution in [1.82, 2.24) is 10.2 Å². The topological polar surface area (TPSA) is 53.9 Å². The molecule has 6 heteroatoms. The first kappa shape index (κ1) is 18.3. The van der Waals surface area contributed by atoms with Crippen LogP contribution in [-0.2, 0) is 11.4 Å². The quantitative estimate of drug-likeness (QED) is 0.832. The van der Waals surface area contributed by atoms with Crippen molar-refractivity contribution in [2.45, 2.75) is 26.0 Å². The summed E-state index contributed by atoms with van der Waals surface area (Å²) in [5.41, 5.74) is 2.94. The number of halogens is 1.